The second kappa shape index (κ2) is 4.39. The molecule has 2 amide bonds. The molecule has 0 saturated heterocycles. The van der Waals surface area contributed by atoms with Gasteiger partial charge in [-0.15, -0.1) is 11.6 Å². The van der Waals surface area contributed by atoms with Gasteiger partial charge in [-0.2, -0.15) is 0 Å². The lowest BCUT2D eigenvalue weighted by Crippen LogP contribution is -2.36. The Morgan fingerprint density at radius 2 is 2.38 bits per heavy atom. The molecule has 0 atom stereocenters. The second-order valence-corrected chi connectivity index (χ2v) is 1.21. The zero-order chi connectivity index (χ0) is 6.41. The summed E-state index contributed by atoms with van der Waals surface area (Å²) in [4.78, 5) is 19.6. The fourth-order valence-electron chi connectivity index (χ4n) is 0.143. The number of hydrogen-bond acceptors (Lipinski definition) is 2. The van der Waals surface area contributed by atoms with Crippen molar-refractivity contribution in [2.75, 3.05) is 5.88 Å². The number of carbonyl (C=O) groups is 2. The fraction of sp³-hybridized carbons (Fsp3) is 0.333. The van der Waals surface area contributed by atoms with Gasteiger partial charge in [-0.25, -0.2) is 0 Å². The van der Waals surface area contributed by atoms with Crippen molar-refractivity contribution in [1.29, 1.82) is 0 Å². The van der Waals surface area contributed by atoms with E-state index in [4.69, 9.17) is 11.6 Å². The Hall–Kier alpha value is -0.770. The van der Waals surface area contributed by atoms with Crippen LogP contribution < -0.4 is 10.9 Å². The third-order valence-electron chi connectivity index (χ3n) is 0.392. The lowest BCUT2D eigenvalue weighted by atomic mass is 10.7. The van der Waals surface area contributed by atoms with Crippen LogP contribution in [0.2, 0.25) is 0 Å². The first kappa shape index (κ1) is 7.23. The van der Waals surface area contributed by atoms with E-state index in [1.807, 2.05) is 10.9 Å². The summed E-state index contributed by atoms with van der Waals surface area (Å²) in [5.41, 5.74) is 3.93. The monoisotopic (exact) mass is 136 g/mol. The highest BCUT2D eigenvalue weighted by atomic mass is 35.5. The number of carbonyl (C=O) groups excluding carboxylic acids is 2. The van der Waals surface area contributed by atoms with E-state index < -0.39 is 5.91 Å². The molecule has 0 bridgehead atoms. The van der Waals surface area contributed by atoms with Gasteiger partial charge in [-0.3, -0.25) is 20.4 Å². The van der Waals surface area contributed by atoms with E-state index >= 15 is 0 Å². The average Bonchev–Trinajstić information content (AvgIpc) is 1.83. The smallest absolute Gasteiger partial charge is 0.253 e. The van der Waals surface area contributed by atoms with E-state index in [2.05, 4.69) is 0 Å². The molecule has 0 aromatic carbocycles. The van der Waals surface area contributed by atoms with Crippen molar-refractivity contribution in [3.8, 4) is 0 Å². The van der Waals surface area contributed by atoms with Gasteiger partial charge in [0, 0.05) is 0 Å². The maximum Gasteiger partial charge on any atom is 0.253 e. The molecule has 2 N–H and O–H groups in total. The van der Waals surface area contributed by atoms with E-state index in [1.54, 1.807) is 0 Å². The van der Waals surface area contributed by atoms with Crippen molar-refractivity contribution in [1.82, 2.24) is 10.9 Å². The second-order valence-electron chi connectivity index (χ2n) is 0.944. The maximum absolute atomic E-state index is 10.1. The highest BCUT2D eigenvalue weighted by Crippen LogP contribution is 1.68. The predicted octanol–water partition coefficient (Wildman–Crippen LogP) is -0.998. The summed E-state index contributed by atoms with van der Waals surface area (Å²) >= 11 is 5.02. The minimum atomic E-state index is -0.432. The molecule has 0 rings (SSSR count). The molecule has 0 radical (unpaired) electrons. The summed E-state index contributed by atoms with van der Waals surface area (Å²) in [5, 5.41) is 0. The molecule has 0 aromatic rings. The molecule has 0 unspecified atom stereocenters. The zero-order valence-electron chi connectivity index (χ0n) is 3.98. The van der Waals surface area contributed by atoms with Crippen LogP contribution >= 0.6 is 11.6 Å². The Bertz CT molecular complexity index is 95.3. The molecule has 0 aliphatic heterocycles. The maximum atomic E-state index is 10.1. The van der Waals surface area contributed by atoms with Crippen LogP contribution in [-0.2, 0) is 9.59 Å². The molecule has 0 fully saturated rings. The Labute approximate surface area is 51.2 Å². The normalized spacial score (nSPS) is 7.62. The van der Waals surface area contributed by atoms with Gasteiger partial charge in [0.05, 0.1) is 0 Å². The summed E-state index contributed by atoms with van der Waals surface area (Å²) in [6.07, 6.45) is 0.352. The first-order chi connectivity index (χ1) is 3.81. The SMILES string of the molecule is O=CNNC(=O)CCl. The van der Waals surface area contributed by atoms with Crippen LogP contribution in [0.5, 0.6) is 0 Å². The van der Waals surface area contributed by atoms with Crippen LogP contribution in [0.15, 0.2) is 0 Å². The van der Waals surface area contributed by atoms with Gasteiger partial charge in [-0.1, -0.05) is 0 Å². The largest absolute Gasteiger partial charge is 0.277 e. The number of rotatable bonds is 3. The lowest BCUT2D eigenvalue weighted by Gasteiger charge is -1.95. The van der Waals surface area contributed by atoms with Gasteiger partial charge in [0.2, 0.25) is 6.41 Å². The van der Waals surface area contributed by atoms with Gasteiger partial charge in [0.1, 0.15) is 5.88 Å². The summed E-state index contributed by atoms with van der Waals surface area (Å²) < 4.78 is 0. The van der Waals surface area contributed by atoms with E-state index in [1.165, 1.54) is 0 Å². The predicted molar refractivity (Wildman–Crippen MR) is 28.1 cm³/mol. The summed E-state index contributed by atoms with van der Waals surface area (Å²) in [5.74, 6) is -0.584. The van der Waals surface area contributed by atoms with Crippen LogP contribution in [0.4, 0.5) is 0 Å². The third-order valence-corrected chi connectivity index (χ3v) is 0.635. The summed E-state index contributed by atoms with van der Waals surface area (Å²) in [6.45, 7) is 0. The van der Waals surface area contributed by atoms with Crippen LogP contribution in [-0.4, -0.2) is 18.2 Å². The minimum absolute atomic E-state index is 0.152. The Balaban J connectivity index is 3.11. The Morgan fingerprint density at radius 3 is 2.75 bits per heavy atom. The molecule has 0 aromatic heterocycles. The number of hydrogen-bond donors (Lipinski definition) is 2. The highest BCUT2D eigenvalue weighted by Gasteiger charge is 1.91. The number of hydrazine groups is 1. The van der Waals surface area contributed by atoms with Gasteiger partial charge in [0.25, 0.3) is 5.91 Å². The fourth-order valence-corrected chi connectivity index (χ4v) is 0.210. The molecule has 0 saturated carbocycles. The molecule has 5 heteroatoms. The third kappa shape index (κ3) is 3.42. The lowest BCUT2D eigenvalue weighted by molar-refractivity contribution is -0.122. The highest BCUT2D eigenvalue weighted by molar-refractivity contribution is 6.27. The van der Waals surface area contributed by atoms with Crippen LogP contribution in [0.25, 0.3) is 0 Å². The Morgan fingerprint density at radius 1 is 1.75 bits per heavy atom. The van der Waals surface area contributed by atoms with Crippen LogP contribution in [0.1, 0.15) is 0 Å². The van der Waals surface area contributed by atoms with Crippen molar-refractivity contribution in [3.05, 3.63) is 0 Å². The molecule has 8 heavy (non-hydrogen) atoms. The molecular formula is C3H5ClN2O2. The van der Waals surface area contributed by atoms with Crippen molar-refractivity contribution in [2.24, 2.45) is 0 Å². The number of nitrogens with one attached hydrogen (secondary N) is 2. The van der Waals surface area contributed by atoms with Crippen LogP contribution in [0.3, 0.4) is 0 Å². The van der Waals surface area contributed by atoms with Crippen molar-refractivity contribution in [3.63, 3.8) is 0 Å². The molecule has 0 heterocycles. The first-order valence-electron chi connectivity index (χ1n) is 1.85. The van der Waals surface area contributed by atoms with E-state index in [0.717, 1.165) is 0 Å². The van der Waals surface area contributed by atoms with E-state index in [0.29, 0.717) is 6.41 Å². The van der Waals surface area contributed by atoms with Crippen molar-refractivity contribution in [2.45, 2.75) is 0 Å². The molecule has 46 valence electrons. The quantitative estimate of drug-likeness (QED) is 0.297. The molecule has 4 nitrogen and oxygen atoms in total. The molecular weight excluding hydrogens is 131 g/mol. The molecule has 0 aliphatic carbocycles. The summed E-state index contributed by atoms with van der Waals surface area (Å²) in [7, 11) is 0. The van der Waals surface area contributed by atoms with Crippen LogP contribution in [0, 0.1) is 0 Å². The van der Waals surface area contributed by atoms with Gasteiger partial charge < -0.3 is 0 Å². The zero-order valence-corrected chi connectivity index (χ0v) is 4.73. The molecule has 0 aliphatic rings. The van der Waals surface area contributed by atoms with E-state index in [9.17, 15) is 9.59 Å². The van der Waals surface area contributed by atoms with Crippen molar-refractivity contribution < 1.29 is 9.59 Å². The number of alkyl halides is 1. The average molecular weight is 137 g/mol. The minimum Gasteiger partial charge on any atom is -0.277 e. The topological polar surface area (TPSA) is 58.2 Å². The molecule has 0 spiro atoms. The van der Waals surface area contributed by atoms with Gasteiger partial charge in [-0.05, 0) is 0 Å². The number of halogens is 1. The summed E-state index contributed by atoms with van der Waals surface area (Å²) in [6, 6.07) is 0. The Kier molecular flexibility index (Phi) is 3.97. The standard InChI is InChI=1S/C3H5ClN2O2/c4-1-3(8)6-5-2-7/h2H,1H2,(H,5,7)(H,6,8). The number of amides is 2. The van der Waals surface area contributed by atoms with Gasteiger partial charge in [0.15, 0.2) is 0 Å². The van der Waals surface area contributed by atoms with Gasteiger partial charge >= 0.3 is 0 Å². The van der Waals surface area contributed by atoms with Crippen molar-refractivity contribution >= 4 is 23.9 Å². The first-order valence-corrected chi connectivity index (χ1v) is 2.38. The van der Waals surface area contributed by atoms with E-state index in [-0.39, 0.29) is 5.88 Å².